The molecule has 1 heterocycles. The average molecular weight is 329 g/mol. The molecule has 2 rings (SSSR count). The molecule has 0 N–H and O–H groups in total. The number of pyridine rings is 1. The van der Waals surface area contributed by atoms with Crippen LogP contribution >= 0.6 is 11.6 Å². The van der Waals surface area contributed by atoms with E-state index in [0.29, 0.717) is 0 Å². The Kier molecular flexibility index (Phi) is 6.67. The van der Waals surface area contributed by atoms with Crippen LogP contribution in [0.25, 0.3) is 0 Å². The molecule has 0 aliphatic carbocycles. The molecule has 0 saturated carbocycles. The molecule has 0 saturated heterocycles. The van der Waals surface area contributed by atoms with Crippen LogP contribution in [0.3, 0.4) is 0 Å². The summed E-state index contributed by atoms with van der Waals surface area (Å²) in [6, 6.07) is 5.34. The molecule has 0 unspecified atom stereocenters. The topological polar surface area (TPSA) is 45.9 Å². The molecule has 0 aliphatic heterocycles. The zero-order valence-electron chi connectivity index (χ0n) is 11.8. The lowest BCUT2D eigenvalue weighted by Crippen LogP contribution is -2.03. The minimum absolute atomic E-state index is 0.00730. The van der Waals surface area contributed by atoms with Gasteiger partial charge in [0, 0.05) is 5.56 Å². The van der Waals surface area contributed by atoms with Crippen molar-refractivity contribution in [3.63, 3.8) is 0 Å². The van der Waals surface area contributed by atoms with E-state index in [9.17, 15) is 13.2 Å². The van der Waals surface area contributed by atoms with Crippen LogP contribution in [0.2, 0.25) is 5.15 Å². The van der Waals surface area contributed by atoms with Crippen LogP contribution in [0.5, 0.6) is 5.88 Å². The average Bonchev–Trinajstić information content (AvgIpc) is 2.52. The number of benzene rings is 1. The second kappa shape index (κ2) is 8.25. The molecule has 0 amide bonds. The van der Waals surface area contributed by atoms with Gasteiger partial charge < -0.3 is 4.74 Å². The van der Waals surface area contributed by atoms with Gasteiger partial charge in [-0.3, -0.25) is 0 Å². The lowest BCUT2D eigenvalue weighted by atomic mass is 10.1. The van der Waals surface area contributed by atoms with Crippen LogP contribution in [0.15, 0.2) is 24.3 Å². The maximum Gasteiger partial charge on any atom is 0.252 e. The standard InChI is InChI=1S/C13H6ClF3N2O.C2H6/c14-12-2-1-9(15)13(19-12)20-6-8-4-10(16)7(5-18)3-11(8)17;1-2/h1-4H,6H2;1-2H3. The van der Waals surface area contributed by atoms with Gasteiger partial charge in [-0.15, -0.1) is 0 Å². The Morgan fingerprint density at radius 1 is 1.14 bits per heavy atom. The maximum atomic E-state index is 13.6. The van der Waals surface area contributed by atoms with Crippen molar-refractivity contribution < 1.29 is 17.9 Å². The molecular weight excluding hydrogens is 317 g/mol. The van der Waals surface area contributed by atoms with Gasteiger partial charge in [0.05, 0.1) is 5.56 Å². The summed E-state index contributed by atoms with van der Waals surface area (Å²) in [6.45, 7) is 3.55. The molecule has 3 nitrogen and oxygen atoms in total. The summed E-state index contributed by atoms with van der Waals surface area (Å²) in [4.78, 5) is 3.57. The fourth-order valence-electron chi connectivity index (χ4n) is 1.43. The summed E-state index contributed by atoms with van der Waals surface area (Å²) in [6.07, 6.45) is 0. The lowest BCUT2D eigenvalue weighted by Gasteiger charge is -2.08. The van der Waals surface area contributed by atoms with Crippen LogP contribution in [0.1, 0.15) is 25.0 Å². The molecule has 0 fully saturated rings. The van der Waals surface area contributed by atoms with E-state index in [1.807, 2.05) is 13.8 Å². The van der Waals surface area contributed by atoms with Crippen molar-refractivity contribution in [1.29, 1.82) is 5.26 Å². The number of hydrogen-bond acceptors (Lipinski definition) is 3. The molecule has 0 bridgehead atoms. The minimum atomic E-state index is -0.882. The van der Waals surface area contributed by atoms with E-state index < -0.39 is 35.5 Å². The van der Waals surface area contributed by atoms with Crippen LogP contribution in [-0.2, 0) is 6.61 Å². The molecule has 22 heavy (non-hydrogen) atoms. The van der Waals surface area contributed by atoms with Crippen molar-refractivity contribution in [3.05, 3.63) is 58.0 Å². The van der Waals surface area contributed by atoms with Crippen molar-refractivity contribution in [2.45, 2.75) is 20.5 Å². The third-order valence-electron chi connectivity index (χ3n) is 2.40. The van der Waals surface area contributed by atoms with Gasteiger partial charge in [-0.05, 0) is 24.3 Å². The number of rotatable bonds is 3. The molecule has 0 aliphatic rings. The Labute approximate surface area is 130 Å². The van der Waals surface area contributed by atoms with Crippen molar-refractivity contribution in [3.8, 4) is 11.9 Å². The first-order valence-electron chi connectivity index (χ1n) is 6.34. The second-order valence-corrected chi connectivity index (χ2v) is 4.13. The van der Waals surface area contributed by atoms with Crippen molar-refractivity contribution in [2.75, 3.05) is 0 Å². The van der Waals surface area contributed by atoms with Gasteiger partial charge in [-0.25, -0.2) is 13.2 Å². The Hall–Kier alpha value is -2.26. The Balaban J connectivity index is 0.00000116. The van der Waals surface area contributed by atoms with E-state index in [2.05, 4.69) is 4.98 Å². The quantitative estimate of drug-likeness (QED) is 0.772. The molecule has 1 aromatic heterocycles. The predicted octanol–water partition coefficient (Wildman–Crippen LogP) is 4.63. The minimum Gasteiger partial charge on any atom is -0.471 e. The second-order valence-electron chi connectivity index (χ2n) is 3.74. The molecule has 0 atom stereocenters. The van der Waals surface area contributed by atoms with Crippen molar-refractivity contribution in [2.24, 2.45) is 0 Å². The third kappa shape index (κ3) is 4.37. The van der Waals surface area contributed by atoms with Crippen LogP contribution in [0, 0.1) is 28.8 Å². The van der Waals surface area contributed by atoms with E-state index in [0.717, 1.165) is 18.2 Å². The molecule has 0 radical (unpaired) electrons. The van der Waals surface area contributed by atoms with Gasteiger partial charge in [0.2, 0.25) is 0 Å². The number of ether oxygens (including phenoxy) is 1. The number of nitriles is 1. The van der Waals surface area contributed by atoms with Crippen molar-refractivity contribution >= 4 is 11.6 Å². The van der Waals surface area contributed by atoms with E-state index in [4.69, 9.17) is 21.6 Å². The zero-order valence-corrected chi connectivity index (χ0v) is 12.6. The molecule has 2 aromatic rings. The maximum absolute atomic E-state index is 13.6. The smallest absolute Gasteiger partial charge is 0.252 e. The predicted molar refractivity (Wildman–Crippen MR) is 76.0 cm³/mol. The summed E-state index contributed by atoms with van der Waals surface area (Å²) in [5.41, 5.74) is -0.582. The number of hydrogen-bond donors (Lipinski definition) is 0. The van der Waals surface area contributed by atoms with Gasteiger partial charge in [-0.2, -0.15) is 10.2 Å². The van der Waals surface area contributed by atoms with Gasteiger partial charge in [0.15, 0.2) is 5.82 Å². The highest BCUT2D eigenvalue weighted by molar-refractivity contribution is 6.29. The first-order chi connectivity index (χ1) is 10.5. The monoisotopic (exact) mass is 328 g/mol. The highest BCUT2D eigenvalue weighted by Crippen LogP contribution is 2.20. The van der Waals surface area contributed by atoms with E-state index in [1.165, 1.54) is 12.1 Å². The fourth-order valence-corrected chi connectivity index (χ4v) is 1.57. The first-order valence-corrected chi connectivity index (χ1v) is 6.72. The summed E-state index contributed by atoms with van der Waals surface area (Å²) in [7, 11) is 0. The first kappa shape index (κ1) is 17.8. The number of halogens is 4. The van der Waals surface area contributed by atoms with Crippen LogP contribution in [-0.4, -0.2) is 4.98 Å². The largest absolute Gasteiger partial charge is 0.471 e. The Morgan fingerprint density at radius 2 is 1.82 bits per heavy atom. The molecule has 0 spiro atoms. The van der Waals surface area contributed by atoms with Crippen LogP contribution < -0.4 is 4.74 Å². The highest BCUT2D eigenvalue weighted by atomic mass is 35.5. The normalized spacial score (nSPS) is 9.50. The number of aromatic nitrogens is 1. The van der Waals surface area contributed by atoms with Gasteiger partial charge >= 0.3 is 0 Å². The summed E-state index contributed by atoms with van der Waals surface area (Å²) in [5.74, 6) is -2.90. The summed E-state index contributed by atoms with van der Waals surface area (Å²) in [5, 5.41) is 8.55. The molecule has 7 heteroatoms. The Bertz CT molecular complexity index is 702. The molecule has 1 aromatic carbocycles. The van der Waals surface area contributed by atoms with Gasteiger partial charge in [0.25, 0.3) is 5.88 Å². The SMILES string of the molecule is CC.N#Cc1cc(F)c(COc2nc(Cl)ccc2F)cc1F. The van der Waals surface area contributed by atoms with E-state index in [-0.39, 0.29) is 10.7 Å². The summed E-state index contributed by atoms with van der Waals surface area (Å²) < 4.78 is 45.2. The number of nitrogens with zero attached hydrogens (tertiary/aromatic N) is 2. The molecule has 116 valence electrons. The van der Waals surface area contributed by atoms with E-state index in [1.54, 1.807) is 0 Å². The summed E-state index contributed by atoms with van der Waals surface area (Å²) >= 11 is 5.57. The Morgan fingerprint density at radius 3 is 2.45 bits per heavy atom. The fraction of sp³-hybridized carbons (Fsp3) is 0.200. The highest BCUT2D eigenvalue weighted by Gasteiger charge is 2.12. The van der Waals surface area contributed by atoms with E-state index >= 15 is 0 Å². The van der Waals surface area contributed by atoms with Crippen LogP contribution in [0.4, 0.5) is 13.2 Å². The third-order valence-corrected chi connectivity index (χ3v) is 2.61. The van der Waals surface area contributed by atoms with Gasteiger partial charge in [-0.1, -0.05) is 25.4 Å². The zero-order chi connectivity index (χ0) is 16.7. The van der Waals surface area contributed by atoms with Gasteiger partial charge in [0.1, 0.15) is 29.5 Å². The van der Waals surface area contributed by atoms with Crippen molar-refractivity contribution in [1.82, 2.24) is 4.98 Å². The lowest BCUT2D eigenvalue weighted by molar-refractivity contribution is 0.271. The molecular formula is C15H12ClF3N2O.